The van der Waals surface area contributed by atoms with E-state index in [0.717, 1.165) is 0 Å². The minimum Gasteiger partial charge on any atom is -0.415 e. The van der Waals surface area contributed by atoms with Crippen molar-refractivity contribution in [3.8, 4) is 0 Å². The summed E-state index contributed by atoms with van der Waals surface area (Å²) in [5, 5.41) is 3.71. The summed E-state index contributed by atoms with van der Waals surface area (Å²) >= 11 is 0. The lowest BCUT2D eigenvalue weighted by Gasteiger charge is -2.37. The number of ether oxygens (including phenoxy) is 2. The van der Waals surface area contributed by atoms with Crippen molar-refractivity contribution in [1.29, 1.82) is 0 Å². The fourth-order valence-corrected chi connectivity index (χ4v) is 3.19. The zero-order chi connectivity index (χ0) is 17.9. The highest BCUT2D eigenvalue weighted by Crippen LogP contribution is 2.36. The highest BCUT2D eigenvalue weighted by Gasteiger charge is 2.39. The Morgan fingerprint density at radius 1 is 1.30 bits per heavy atom. The van der Waals surface area contributed by atoms with Crippen molar-refractivity contribution in [3.05, 3.63) is 25.3 Å². The molecule has 1 heterocycles. The molecule has 3 unspecified atom stereocenters. The summed E-state index contributed by atoms with van der Waals surface area (Å²) in [6.07, 6.45) is 3.72. The third-order valence-electron chi connectivity index (χ3n) is 4.81. The molecule has 1 saturated heterocycles. The van der Waals surface area contributed by atoms with E-state index in [1.54, 1.807) is 0 Å². The van der Waals surface area contributed by atoms with Gasteiger partial charge in [-0.1, -0.05) is 32.9 Å². The van der Waals surface area contributed by atoms with Crippen LogP contribution in [0.15, 0.2) is 25.3 Å². The fourth-order valence-electron chi connectivity index (χ4n) is 2.17. The molecule has 134 valence electrons. The van der Waals surface area contributed by atoms with Gasteiger partial charge >= 0.3 is 0 Å². The summed E-state index contributed by atoms with van der Waals surface area (Å²) in [5.41, 5.74) is 0. The van der Waals surface area contributed by atoms with Crippen molar-refractivity contribution in [1.82, 2.24) is 5.32 Å². The Kier molecular flexibility index (Phi) is 6.81. The fraction of sp³-hybridized carbons (Fsp3) is 0.778. The van der Waals surface area contributed by atoms with Gasteiger partial charge in [0.2, 0.25) is 0 Å². The first-order chi connectivity index (χ1) is 10.4. The average Bonchev–Trinajstić information content (AvgIpc) is 2.78. The molecule has 0 aromatic carbocycles. The predicted octanol–water partition coefficient (Wildman–Crippen LogP) is 3.86. The van der Waals surface area contributed by atoms with Crippen LogP contribution in [0, 0.1) is 0 Å². The maximum Gasteiger partial charge on any atom is 0.192 e. The van der Waals surface area contributed by atoms with E-state index in [4.69, 9.17) is 13.9 Å². The van der Waals surface area contributed by atoms with E-state index in [2.05, 4.69) is 52.3 Å². The Morgan fingerprint density at radius 2 is 1.91 bits per heavy atom. The average molecular weight is 342 g/mol. The van der Waals surface area contributed by atoms with Crippen LogP contribution in [-0.4, -0.2) is 45.5 Å². The van der Waals surface area contributed by atoms with Crippen molar-refractivity contribution in [2.75, 3.05) is 13.2 Å². The van der Waals surface area contributed by atoms with Crippen LogP contribution in [0.3, 0.4) is 0 Å². The molecule has 1 N–H and O–H groups in total. The summed E-state index contributed by atoms with van der Waals surface area (Å²) < 4.78 is 17.9. The second kappa shape index (κ2) is 7.62. The van der Waals surface area contributed by atoms with Crippen LogP contribution in [0.4, 0.5) is 0 Å². The number of nitrogens with one attached hydrogen (secondary N) is 1. The van der Waals surface area contributed by atoms with Crippen LogP contribution in [0.1, 0.15) is 34.6 Å². The van der Waals surface area contributed by atoms with Gasteiger partial charge in [-0.15, -0.1) is 13.2 Å². The highest BCUT2D eigenvalue weighted by molar-refractivity contribution is 6.74. The number of hydrogen-bond donors (Lipinski definition) is 1. The van der Waals surface area contributed by atoms with Crippen LogP contribution in [0.5, 0.6) is 0 Å². The van der Waals surface area contributed by atoms with Gasteiger partial charge in [0.25, 0.3) is 0 Å². The molecule has 0 aliphatic carbocycles. The van der Waals surface area contributed by atoms with Gasteiger partial charge in [-0.2, -0.15) is 0 Å². The molecular weight excluding hydrogens is 306 g/mol. The summed E-state index contributed by atoms with van der Waals surface area (Å²) in [4.78, 5) is 0. The van der Waals surface area contributed by atoms with Gasteiger partial charge < -0.3 is 13.9 Å². The molecule has 0 spiro atoms. The second-order valence-corrected chi connectivity index (χ2v) is 13.0. The monoisotopic (exact) mass is 341 g/mol. The van der Waals surface area contributed by atoms with Gasteiger partial charge in [-0.3, -0.25) is 5.32 Å². The zero-order valence-electron chi connectivity index (χ0n) is 15.9. The van der Waals surface area contributed by atoms with Gasteiger partial charge in [-0.05, 0) is 32.0 Å². The summed E-state index contributed by atoms with van der Waals surface area (Å²) in [7, 11) is -1.77. The molecule has 0 saturated carbocycles. The van der Waals surface area contributed by atoms with Gasteiger partial charge in [0.15, 0.2) is 14.1 Å². The van der Waals surface area contributed by atoms with E-state index in [-0.39, 0.29) is 23.2 Å². The molecule has 0 aromatic heterocycles. The number of hydrogen-bond acceptors (Lipinski definition) is 4. The van der Waals surface area contributed by atoms with Gasteiger partial charge in [-0.25, -0.2) is 0 Å². The van der Waals surface area contributed by atoms with Crippen LogP contribution in [0.2, 0.25) is 18.1 Å². The minimum absolute atomic E-state index is 0.00258. The smallest absolute Gasteiger partial charge is 0.192 e. The Bertz CT molecular complexity index is 415. The standard InChI is InChI=1S/C18H35NO3Si/c1-10-14(12-21-23(8,9)17(3,4)5)19-15(11-2)16-13-20-18(6,7)22-16/h10-11,14-16,19H,1-2,12-13H2,3-9H3. The Labute approximate surface area is 143 Å². The van der Waals surface area contributed by atoms with E-state index >= 15 is 0 Å². The zero-order valence-corrected chi connectivity index (χ0v) is 16.9. The maximum absolute atomic E-state index is 6.29. The van der Waals surface area contributed by atoms with Crippen LogP contribution < -0.4 is 5.32 Å². The quantitative estimate of drug-likeness (QED) is 0.537. The normalized spacial score (nSPS) is 24.2. The molecule has 1 fully saturated rings. The van der Waals surface area contributed by atoms with Crippen LogP contribution in [0.25, 0.3) is 0 Å². The third-order valence-corrected chi connectivity index (χ3v) is 9.31. The first-order valence-corrected chi connectivity index (χ1v) is 11.3. The highest BCUT2D eigenvalue weighted by atomic mass is 28.4. The summed E-state index contributed by atoms with van der Waals surface area (Å²) in [6, 6.07) is 0.0576. The molecular formula is C18H35NO3Si. The molecule has 1 aliphatic heterocycles. The molecule has 5 heteroatoms. The van der Waals surface area contributed by atoms with E-state index in [0.29, 0.717) is 13.2 Å². The van der Waals surface area contributed by atoms with E-state index in [1.807, 2.05) is 26.0 Å². The van der Waals surface area contributed by atoms with Gasteiger partial charge in [0.1, 0.15) is 6.10 Å². The minimum atomic E-state index is -1.77. The van der Waals surface area contributed by atoms with Crippen molar-refractivity contribution in [2.45, 2.75) is 76.7 Å². The largest absolute Gasteiger partial charge is 0.415 e. The molecule has 23 heavy (non-hydrogen) atoms. The topological polar surface area (TPSA) is 39.7 Å². The second-order valence-electron chi connectivity index (χ2n) is 8.21. The van der Waals surface area contributed by atoms with Crippen molar-refractivity contribution < 1.29 is 13.9 Å². The van der Waals surface area contributed by atoms with Crippen molar-refractivity contribution in [2.24, 2.45) is 0 Å². The van der Waals surface area contributed by atoms with Crippen LogP contribution >= 0.6 is 0 Å². The summed E-state index contributed by atoms with van der Waals surface area (Å²) in [5.74, 6) is -0.533. The lowest BCUT2D eigenvalue weighted by Crippen LogP contribution is -2.49. The molecule has 0 aromatic rings. The molecule has 3 atom stereocenters. The lowest BCUT2D eigenvalue weighted by atomic mass is 10.1. The molecule has 1 rings (SSSR count). The summed E-state index contributed by atoms with van der Waals surface area (Å²) in [6.45, 7) is 24.1. The van der Waals surface area contributed by atoms with Crippen molar-refractivity contribution >= 4 is 8.32 Å². The first kappa shape index (κ1) is 20.6. The maximum atomic E-state index is 6.29. The molecule has 0 amide bonds. The molecule has 0 bridgehead atoms. The van der Waals surface area contributed by atoms with E-state index in [9.17, 15) is 0 Å². The van der Waals surface area contributed by atoms with E-state index < -0.39 is 14.1 Å². The first-order valence-electron chi connectivity index (χ1n) is 8.39. The van der Waals surface area contributed by atoms with Gasteiger partial charge in [0.05, 0.1) is 19.3 Å². The molecule has 1 aliphatic rings. The lowest BCUT2D eigenvalue weighted by molar-refractivity contribution is -0.140. The van der Waals surface area contributed by atoms with E-state index in [1.165, 1.54) is 0 Å². The van der Waals surface area contributed by atoms with Gasteiger partial charge in [0, 0.05) is 6.04 Å². The molecule has 0 radical (unpaired) electrons. The Balaban J connectivity index is 2.61. The predicted molar refractivity (Wildman–Crippen MR) is 99.2 cm³/mol. The SMILES string of the molecule is C=CC(CO[Si](C)(C)C(C)(C)C)NC(C=C)C1COC(C)(C)O1. The van der Waals surface area contributed by atoms with Crippen molar-refractivity contribution in [3.63, 3.8) is 0 Å². The van der Waals surface area contributed by atoms with Crippen LogP contribution in [-0.2, 0) is 13.9 Å². The molecule has 4 nitrogen and oxygen atoms in total. The Morgan fingerprint density at radius 3 is 2.30 bits per heavy atom. The third kappa shape index (κ3) is 5.83. The Hall–Kier alpha value is -0.463. The number of rotatable bonds is 8.